The number of nitrogens with one attached hydrogen (secondary N) is 1. The van der Waals surface area contributed by atoms with Gasteiger partial charge in [-0.25, -0.2) is 0 Å². The molecule has 0 bridgehead atoms. The van der Waals surface area contributed by atoms with E-state index in [9.17, 15) is 0 Å². The van der Waals surface area contributed by atoms with Crippen LogP contribution in [0.1, 0.15) is 36.3 Å². The van der Waals surface area contributed by atoms with Gasteiger partial charge in [-0.1, -0.05) is 54.4 Å². The van der Waals surface area contributed by atoms with Crippen LogP contribution in [0.15, 0.2) is 42.5 Å². The maximum Gasteiger partial charge on any atom is 0.0487 e. The first-order valence-corrected chi connectivity index (χ1v) is 7.69. The third-order valence-electron chi connectivity index (χ3n) is 4.19. The average molecular weight is 286 g/mol. The molecule has 2 aromatic carbocycles. The molecule has 0 saturated heterocycles. The molecule has 0 radical (unpaired) electrons. The molecule has 0 spiro atoms. The number of hydrogen-bond donors (Lipinski definition) is 1. The van der Waals surface area contributed by atoms with Crippen molar-refractivity contribution in [3.63, 3.8) is 0 Å². The Hall–Kier alpha value is -1.31. The highest BCUT2D eigenvalue weighted by molar-refractivity contribution is 6.33. The van der Waals surface area contributed by atoms with Crippen LogP contribution in [0.3, 0.4) is 0 Å². The van der Waals surface area contributed by atoms with Gasteiger partial charge in [0.05, 0.1) is 0 Å². The second kappa shape index (κ2) is 5.99. The van der Waals surface area contributed by atoms with Gasteiger partial charge in [-0.05, 0) is 48.6 Å². The van der Waals surface area contributed by atoms with E-state index in [1.807, 2.05) is 7.05 Å². The highest BCUT2D eigenvalue weighted by atomic mass is 35.5. The maximum atomic E-state index is 6.45. The average Bonchev–Trinajstić information content (AvgIpc) is 2.37. The summed E-state index contributed by atoms with van der Waals surface area (Å²) in [6, 6.07) is 15.2. The van der Waals surface area contributed by atoms with Crippen molar-refractivity contribution in [3.05, 3.63) is 58.6 Å². The van der Waals surface area contributed by atoms with Crippen molar-refractivity contribution in [1.82, 2.24) is 5.32 Å². The molecule has 1 nitrogen and oxygen atoms in total. The minimum atomic E-state index is 0.761. The van der Waals surface area contributed by atoms with Crippen molar-refractivity contribution in [1.29, 1.82) is 0 Å². The summed E-state index contributed by atoms with van der Waals surface area (Å²) in [6.45, 7) is 0.849. The number of benzene rings is 2. The monoisotopic (exact) mass is 285 g/mol. The van der Waals surface area contributed by atoms with Crippen LogP contribution in [0.2, 0.25) is 5.02 Å². The second-order valence-electron chi connectivity index (χ2n) is 5.60. The Morgan fingerprint density at radius 2 is 2.00 bits per heavy atom. The Bertz CT molecular complexity index is 602. The molecule has 104 valence electrons. The molecule has 2 aromatic rings. The van der Waals surface area contributed by atoms with E-state index in [1.54, 1.807) is 0 Å². The quantitative estimate of drug-likeness (QED) is 0.834. The molecule has 20 heavy (non-hydrogen) atoms. The van der Waals surface area contributed by atoms with E-state index in [0.717, 1.165) is 23.0 Å². The van der Waals surface area contributed by atoms with Crippen LogP contribution in [0.25, 0.3) is 11.1 Å². The van der Waals surface area contributed by atoms with Gasteiger partial charge in [0, 0.05) is 17.1 Å². The van der Waals surface area contributed by atoms with Gasteiger partial charge in [0.1, 0.15) is 0 Å². The van der Waals surface area contributed by atoms with Gasteiger partial charge in [-0.2, -0.15) is 0 Å². The first-order chi connectivity index (χ1) is 9.78. The Morgan fingerprint density at radius 3 is 2.65 bits per heavy atom. The van der Waals surface area contributed by atoms with Crippen molar-refractivity contribution in [2.24, 2.45) is 0 Å². The topological polar surface area (TPSA) is 12.0 Å². The summed E-state index contributed by atoms with van der Waals surface area (Å²) in [6.07, 6.45) is 4.03. The molecular formula is C18H20ClN. The van der Waals surface area contributed by atoms with E-state index in [1.165, 1.54) is 36.0 Å². The molecule has 2 heteroatoms. The lowest BCUT2D eigenvalue weighted by Gasteiger charge is -2.26. The third kappa shape index (κ3) is 2.74. The van der Waals surface area contributed by atoms with Crippen molar-refractivity contribution in [2.45, 2.75) is 31.7 Å². The van der Waals surface area contributed by atoms with Crippen LogP contribution in [0, 0.1) is 0 Å². The lowest BCUT2D eigenvalue weighted by molar-refractivity contribution is 0.420. The van der Waals surface area contributed by atoms with E-state index in [0.29, 0.717) is 0 Å². The van der Waals surface area contributed by atoms with Crippen LogP contribution in [0.4, 0.5) is 0 Å². The van der Waals surface area contributed by atoms with Crippen molar-refractivity contribution in [2.75, 3.05) is 7.05 Å². The lowest BCUT2D eigenvalue weighted by atomic mass is 9.79. The molecule has 1 aliphatic rings. The Kier molecular flexibility index (Phi) is 4.09. The minimum Gasteiger partial charge on any atom is -0.316 e. The molecule has 1 N–H and O–H groups in total. The first kappa shape index (κ1) is 13.7. The van der Waals surface area contributed by atoms with Crippen molar-refractivity contribution >= 4 is 11.6 Å². The fraction of sp³-hybridized carbons (Fsp3) is 0.333. The van der Waals surface area contributed by atoms with Gasteiger partial charge in [0.2, 0.25) is 0 Å². The van der Waals surface area contributed by atoms with Gasteiger partial charge in [-0.3, -0.25) is 0 Å². The zero-order valence-corrected chi connectivity index (χ0v) is 12.6. The molecular weight excluding hydrogens is 266 g/mol. The predicted octanol–water partition coefficient (Wildman–Crippen LogP) is 4.99. The lowest BCUT2D eigenvalue weighted by Crippen LogP contribution is -2.08. The molecule has 0 amide bonds. The maximum absolute atomic E-state index is 6.45. The molecule has 1 aliphatic carbocycles. The molecule has 1 fully saturated rings. The fourth-order valence-corrected chi connectivity index (χ4v) is 3.12. The largest absolute Gasteiger partial charge is 0.316 e. The van der Waals surface area contributed by atoms with Gasteiger partial charge >= 0.3 is 0 Å². The van der Waals surface area contributed by atoms with Gasteiger partial charge < -0.3 is 5.32 Å². The van der Waals surface area contributed by atoms with Crippen LogP contribution in [-0.2, 0) is 6.54 Å². The molecule has 0 atom stereocenters. The smallest absolute Gasteiger partial charge is 0.0487 e. The summed E-state index contributed by atoms with van der Waals surface area (Å²) in [5.41, 5.74) is 5.05. The normalized spacial score (nSPS) is 15.1. The molecule has 0 aliphatic heterocycles. The second-order valence-corrected chi connectivity index (χ2v) is 6.01. The van der Waals surface area contributed by atoms with E-state index >= 15 is 0 Å². The van der Waals surface area contributed by atoms with E-state index in [4.69, 9.17) is 11.6 Å². The zero-order chi connectivity index (χ0) is 13.9. The summed E-state index contributed by atoms with van der Waals surface area (Å²) >= 11 is 6.45. The van der Waals surface area contributed by atoms with Crippen LogP contribution in [-0.4, -0.2) is 7.05 Å². The number of halogens is 1. The van der Waals surface area contributed by atoms with E-state index in [2.05, 4.69) is 47.8 Å². The SMILES string of the molecule is CNCc1ccc(-c2cccc(C3CCC3)c2)c(Cl)c1. The van der Waals surface area contributed by atoms with Crippen LogP contribution < -0.4 is 5.32 Å². The Balaban J connectivity index is 1.92. The summed E-state index contributed by atoms with van der Waals surface area (Å²) in [7, 11) is 1.95. The minimum absolute atomic E-state index is 0.761. The zero-order valence-electron chi connectivity index (χ0n) is 11.8. The van der Waals surface area contributed by atoms with Gasteiger partial charge in [-0.15, -0.1) is 0 Å². The number of rotatable bonds is 4. The molecule has 3 rings (SSSR count). The Morgan fingerprint density at radius 1 is 1.15 bits per heavy atom. The van der Waals surface area contributed by atoms with E-state index in [-0.39, 0.29) is 0 Å². The summed E-state index contributed by atoms with van der Waals surface area (Å²) in [4.78, 5) is 0. The Labute approximate surface area is 126 Å². The summed E-state index contributed by atoms with van der Waals surface area (Å²) in [5.74, 6) is 0.761. The molecule has 1 saturated carbocycles. The number of hydrogen-bond acceptors (Lipinski definition) is 1. The first-order valence-electron chi connectivity index (χ1n) is 7.31. The van der Waals surface area contributed by atoms with Crippen molar-refractivity contribution < 1.29 is 0 Å². The highest BCUT2D eigenvalue weighted by Gasteiger charge is 2.19. The molecule has 0 aromatic heterocycles. The predicted molar refractivity (Wildman–Crippen MR) is 86.2 cm³/mol. The fourth-order valence-electron chi connectivity index (χ4n) is 2.81. The van der Waals surface area contributed by atoms with E-state index < -0.39 is 0 Å². The standard InChI is InChI=1S/C18H20ClN/c1-20-12-13-8-9-17(18(19)10-13)16-7-3-6-15(11-16)14-4-2-5-14/h3,6-11,14,20H,2,4-5,12H2,1H3. The van der Waals surface area contributed by atoms with Crippen molar-refractivity contribution in [3.8, 4) is 11.1 Å². The molecule has 0 heterocycles. The van der Waals surface area contributed by atoms with Crippen LogP contribution in [0.5, 0.6) is 0 Å². The van der Waals surface area contributed by atoms with Gasteiger partial charge in [0.15, 0.2) is 0 Å². The highest BCUT2D eigenvalue weighted by Crippen LogP contribution is 2.38. The third-order valence-corrected chi connectivity index (χ3v) is 4.50. The molecule has 0 unspecified atom stereocenters. The van der Waals surface area contributed by atoms with Crippen LogP contribution >= 0.6 is 11.6 Å². The summed E-state index contributed by atoms with van der Waals surface area (Å²) in [5, 5.41) is 3.99. The summed E-state index contributed by atoms with van der Waals surface area (Å²) < 4.78 is 0. The van der Waals surface area contributed by atoms with Gasteiger partial charge in [0.25, 0.3) is 0 Å².